The maximum absolute atomic E-state index is 10.9. The molecule has 0 spiro atoms. The van der Waals surface area contributed by atoms with E-state index in [4.69, 9.17) is 21.6 Å². The highest BCUT2D eigenvalue weighted by atomic mass is 35.5. The number of hydrogen-bond donors (Lipinski definition) is 3. The van der Waals surface area contributed by atoms with E-state index in [1.54, 1.807) is 62.5 Å². The van der Waals surface area contributed by atoms with Crippen LogP contribution in [0.15, 0.2) is 47.5 Å². The predicted molar refractivity (Wildman–Crippen MR) is 106 cm³/mol. The smallest absolute Gasteiger partial charge is 0.212 e. The molecule has 0 amide bonds. The zero-order chi connectivity index (χ0) is 20.3. The minimum Gasteiger partial charge on any atom is -0.485 e. The minimum atomic E-state index is -0.981. The van der Waals surface area contributed by atoms with Gasteiger partial charge in [-0.1, -0.05) is 23.7 Å². The Balaban J connectivity index is 1.98. The van der Waals surface area contributed by atoms with Crippen LogP contribution in [-0.4, -0.2) is 22.8 Å². The Hall–Kier alpha value is -3.26. The molecule has 1 aliphatic heterocycles. The number of guanidine groups is 1. The first-order chi connectivity index (χ1) is 13.4. The number of nitrogens with zero attached hydrogens (tertiary/aromatic N) is 3. The molecule has 2 aromatic carbocycles. The number of para-hydroxylation sites is 1. The molecule has 142 valence electrons. The summed E-state index contributed by atoms with van der Waals surface area (Å²) in [5, 5.41) is 35.7. The minimum absolute atomic E-state index is 0.116. The standard InChI is InChI=1S/C20H18ClN5O2/c1-20(2)18(27)17(13-9-12(10-22)7-8-16(13)28-20)26-19(24-11-23)25-15-6-4-3-5-14(15)21/h3-9,17-18,27H,1-2H3,(H2,24,25,26)/t17-,18+/m1/s1. The lowest BCUT2D eigenvalue weighted by Crippen LogP contribution is -2.54. The van der Waals surface area contributed by atoms with Crippen LogP contribution in [0, 0.1) is 22.8 Å². The molecule has 0 bridgehead atoms. The van der Waals surface area contributed by atoms with Crippen molar-refractivity contribution in [3.05, 3.63) is 58.6 Å². The van der Waals surface area contributed by atoms with Crippen molar-refractivity contribution in [3.63, 3.8) is 0 Å². The molecule has 0 radical (unpaired) electrons. The van der Waals surface area contributed by atoms with Crippen molar-refractivity contribution in [2.75, 3.05) is 5.32 Å². The van der Waals surface area contributed by atoms with E-state index in [0.29, 0.717) is 27.6 Å². The SMILES string of the molecule is CC1(C)Oc2ccc(C#N)cc2[C@@H](NC(=NC#N)Nc2ccccc2Cl)[C@@H]1O. The van der Waals surface area contributed by atoms with E-state index in [0.717, 1.165) is 0 Å². The Morgan fingerprint density at radius 3 is 2.68 bits per heavy atom. The molecule has 3 rings (SSSR count). The highest BCUT2D eigenvalue weighted by molar-refractivity contribution is 6.33. The molecule has 7 nitrogen and oxygen atoms in total. The van der Waals surface area contributed by atoms with Crippen LogP contribution in [-0.2, 0) is 0 Å². The first kappa shape index (κ1) is 19.5. The summed E-state index contributed by atoms with van der Waals surface area (Å²) in [5.41, 5.74) is 0.676. The maximum atomic E-state index is 10.9. The topological polar surface area (TPSA) is 113 Å². The number of aliphatic hydroxyl groups excluding tert-OH is 1. The van der Waals surface area contributed by atoms with E-state index in [2.05, 4.69) is 21.7 Å². The third-order valence-electron chi connectivity index (χ3n) is 4.46. The van der Waals surface area contributed by atoms with Gasteiger partial charge in [0.1, 0.15) is 17.5 Å². The average Bonchev–Trinajstić information content (AvgIpc) is 2.67. The Morgan fingerprint density at radius 1 is 1.25 bits per heavy atom. The third-order valence-corrected chi connectivity index (χ3v) is 4.79. The van der Waals surface area contributed by atoms with E-state index in [1.807, 2.05) is 0 Å². The lowest BCUT2D eigenvalue weighted by atomic mass is 9.86. The molecule has 0 unspecified atom stereocenters. The molecular weight excluding hydrogens is 378 g/mol. The number of fused-ring (bicyclic) bond motifs is 1. The van der Waals surface area contributed by atoms with Crippen LogP contribution in [0.25, 0.3) is 0 Å². The average molecular weight is 396 g/mol. The summed E-state index contributed by atoms with van der Waals surface area (Å²) in [6.07, 6.45) is 0.753. The predicted octanol–water partition coefficient (Wildman–Crippen LogP) is 3.32. The highest BCUT2D eigenvalue weighted by Crippen LogP contribution is 2.40. The number of nitriles is 2. The molecule has 0 saturated heterocycles. The molecule has 0 fully saturated rings. The number of hydrogen-bond acceptors (Lipinski definition) is 5. The summed E-state index contributed by atoms with van der Waals surface area (Å²) in [5.74, 6) is 0.659. The zero-order valence-electron chi connectivity index (χ0n) is 15.3. The van der Waals surface area contributed by atoms with Gasteiger partial charge in [0.15, 0.2) is 0 Å². The van der Waals surface area contributed by atoms with Crippen molar-refractivity contribution >= 4 is 23.2 Å². The second-order valence-electron chi connectivity index (χ2n) is 6.80. The van der Waals surface area contributed by atoms with Crippen molar-refractivity contribution < 1.29 is 9.84 Å². The van der Waals surface area contributed by atoms with Crippen molar-refractivity contribution in [2.45, 2.75) is 31.6 Å². The van der Waals surface area contributed by atoms with E-state index in [1.165, 1.54) is 0 Å². The Kier molecular flexibility index (Phi) is 5.41. The van der Waals surface area contributed by atoms with Crippen LogP contribution in [0.5, 0.6) is 5.75 Å². The van der Waals surface area contributed by atoms with Crippen molar-refractivity contribution in [1.29, 1.82) is 10.5 Å². The van der Waals surface area contributed by atoms with Gasteiger partial charge in [0, 0.05) is 5.56 Å². The Bertz CT molecular complexity index is 1010. The molecule has 28 heavy (non-hydrogen) atoms. The molecule has 2 aromatic rings. The second kappa shape index (κ2) is 7.77. The molecule has 1 heterocycles. The van der Waals surface area contributed by atoms with Crippen LogP contribution in [0.3, 0.4) is 0 Å². The van der Waals surface area contributed by atoms with Gasteiger partial charge in [0.2, 0.25) is 12.2 Å². The van der Waals surface area contributed by atoms with Crippen molar-refractivity contribution in [1.82, 2.24) is 5.32 Å². The number of anilines is 1. The number of halogens is 1. The fourth-order valence-electron chi connectivity index (χ4n) is 3.01. The Morgan fingerprint density at radius 2 is 2.00 bits per heavy atom. The van der Waals surface area contributed by atoms with Gasteiger partial charge in [-0.3, -0.25) is 0 Å². The molecule has 8 heteroatoms. The number of benzene rings is 2. The highest BCUT2D eigenvalue weighted by Gasteiger charge is 2.43. The molecule has 0 aliphatic carbocycles. The van der Waals surface area contributed by atoms with Crippen molar-refractivity contribution in [2.24, 2.45) is 4.99 Å². The van der Waals surface area contributed by atoms with E-state index in [-0.39, 0.29) is 5.96 Å². The summed E-state index contributed by atoms with van der Waals surface area (Å²) >= 11 is 6.17. The van der Waals surface area contributed by atoms with Gasteiger partial charge in [-0.25, -0.2) is 0 Å². The summed E-state index contributed by atoms with van der Waals surface area (Å²) < 4.78 is 5.89. The normalized spacial score (nSPS) is 20.1. The van der Waals surface area contributed by atoms with E-state index < -0.39 is 17.7 Å². The molecular formula is C20H18ClN5O2. The lowest BCUT2D eigenvalue weighted by Gasteiger charge is -2.42. The summed E-state index contributed by atoms with van der Waals surface area (Å²) in [7, 11) is 0. The molecule has 0 saturated carbocycles. The first-order valence-electron chi connectivity index (χ1n) is 8.51. The largest absolute Gasteiger partial charge is 0.485 e. The van der Waals surface area contributed by atoms with Crippen molar-refractivity contribution in [3.8, 4) is 18.0 Å². The van der Waals surface area contributed by atoms with E-state index in [9.17, 15) is 10.4 Å². The van der Waals surface area contributed by atoms with Gasteiger partial charge < -0.3 is 20.5 Å². The number of aliphatic imine (C=N–C) groups is 1. The molecule has 3 N–H and O–H groups in total. The number of aliphatic hydroxyl groups is 1. The van der Waals surface area contributed by atoms with Gasteiger partial charge >= 0.3 is 0 Å². The summed E-state index contributed by atoms with van der Waals surface area (Å²) in [4.78, 5) is 3.78. The van der Waals surface area contributed by atoms with Crippen LogP contribution >= 0.6 is 11.6 Å². The van der Waals surface area contributed by atoms with Gasteiger partial charge in [-0.15, -0.1) is 4.99 Å². The fraction of sp³-hybridized carbons (Fsp3) is 0.250. The molecule has 2 atom stereocenters. The first-order valence-corrected chi connectivity index (χ1v) is 8.89. The van der Waals surface area contributed by atoms with Crippen LogP contribution < -0.4 is 15.4 Å². The quantitative estimate of drug-likeness (QED) is 0.408. The number of rotatable bonds is 2. The number of nitrogens with one attached hydrogen (secondary N) is 2. The third kappa shape index (κ3) is 3.86. The summed E-state index contributed by atoms with van der Waals surface area (Å²) in [6.45, 7) is 3.52. The van der Waals surface area contributed by atoms with Crippen LogP contribution in [0.4, 0.5) is 5.69 Å². The van der Waals surface area contributed by atoms with Gasteiger partial charge in [-0.2, -0.15) is 10.5 Å². The number of ether oxygens (including phenoxy) is 1. The summed E-state index contributed by atoms with van der Waals surface area (Å²) in [6, 6.07) is 13.4. The molecule has 1 aliphatic rings. The fourth-order valence-corrected chi connectivity index (χ4v) is 3.19. The van der Waals surface area contributed by atoms with Crippen LogP contribution in [0.2, 0.25) is 5.02 Å². The van der Waals surface area contributed by atoms with Crippen LogP contribution in [0.1, 0.15) is 31.0 Å². The monoisotopic (exact) mass is 395 g/mol. The zero-order valence-corrected chi connectivity index (χ0v) is 16.0. The second-order valence-corrected chi connectivity index (χ2v) is 7.21. The van der Waals surface area contributed by atoms with Gasteiger partial charge in [0.05, 0.1) is 28.4 Å². The van der Waals surface area contributed by atoms with E-state index >= 15 is 0 Å². The maximum Gasteiger partial charge on any atom is 0.212 e. The lowest BCUT2D eigenvalue weighted by molar-refractivity contribution is -0.0610. The molecule has 0 aromatic heterocycles. The Labute approximate surface area is 167 Å². The van der Waals surface area contributed by atoms with Gasteiger partial charge in [0.25, 0.3) is 0 Å². The van der Waals surface area contributed by atoms with Gasteiger partial charge in [-0.05, 0) is 44.2 Å².